The largest absolute Gasteiger partial charge is 0.494 e. The molecule has 0 unspecified atom stereocenters. The number of ether oxygens (including phenoxy) is 1. The number of carbonyl (C=O) groups excluding carboxylic acids is 1. The Bertz CT molecular complexity index is 1960. The maximum atomic E-state index is 13.4. The summed E-state index contributed by atoms with van der Waals surface area (Å²) < 4.78 is 49.5. The molecular formula is C35H38ClFN4O4S. The van der Waals surface area contributed by atoms with Crippen molar-refractivity contribution in [2.75, 3.05) is 18.9 Å². The van der Waals surface area contributed by atoms with Gasteiger partial charge in [0.15, 0.2) is 0 Å². The fraction of sp³-hybridized carbons (Fsp3) is 0.286. The molecule has 8 nitrogen and oxygen atoms in total. The molecule has 2 aromatic heterocycles. The maximum Gasteiger partial charge on any atom is 0.281 e. The molecule has 0 spiro atoms. The van der Waals surface area contributed by atoms with Crippen molar-refractivity contribution in [2.45, 2.75) is 47.1 Å². The molecule has 0 aliphatic carbocycles. The number of amides is 1. The van der Waals surface area contributed by atoms with Crippen molar-refractivity contribution in [3.05, 3.63) is 117 Å². The number of hydrogen-bond donors (Lipinski definition) is 3. The number of H-pyrrole nitrogens is 1. The van der Waals surface area contributed by atoms with E-state index in [-0.39, 0.29) is 23.8 Å². The van der Waals surface area contributed by atoms with Gasteiger partial charge in [-0.2, -0.15) is 0 Å². The zero-order valence-electron chi connectivity index (χ0n) is 26.3. The van der Waals surface area contributed by atoms with Crippen LogP contribution in [0, 0.1) is 33.5 Å². The van der Waals surface area contributed by atoms with Crippen LogP contribution in [0.15, 0.2) is 66.7 Å². The molecule has 11 heteroatoms. The van der Waals surface area contributed by atoms with Gasteiger partial charge in [-0.3, -0.25) is 4.79 Å². The average Bonchev–Trinajstić information content (AvgIpc) is 3.52. The summed E-state index contributed by atoms with van der Waals surface area (Å²) in [5, 5.41) is 4.75. The highest BCUT2D eigenvalue weighted by Crippen LogP contribution is 2.27. The Morgan fingerprint density at radius 2 is 1.70 bits per heavy atom. The fourth-order valence-electron chi connectivity index (χ4n) is 5.75. The smallest absolute Gasteiger partial charge is 0.281 e. The first-order valence-electron chi connectivity index (χ1n) is 15.1. The lowest BCUT2D eigenvalue weighted by Crippen LogP contribution is -2.36. The summed E-state index contributed by atoms with van der Waals surface area (Å²) in [4.78, 5) is 16.4. The lowest BCUT2D eigenvalue weighted by molar-refractivity contribution is 0.0976. The summed E-state index contributed by atoms with van der Waals surface area (Å²) in [6.07, 6.45) is 1.12. The van der Waals surface area contributed by atoms with Gasteiger partial charge in [-0.15, -0.1) is 0 Å². The zero-order chi connectivity index (χ0) is 33.0. The Morgan fingerprint density at radius 3 is 2.41 bits per heavy atom. The Hall–Kier alpha value is -4.12. The van der Waals surface area contributed by atoms with Crippen LogP contribution >= 0.6 is 11.6 Å². The molecule has 0 atom stereocenters. The number of aromatic amines is 1. The first kappa shape index (κ1) is 33.2. The van der Waals surface area contributed by atoms with Crippen LogP contribution in [0.5, 0.6) is 5.75 Å². The molecule has 0 fully saturated rings. The quantitative estimate of drug-likeness (QED) is 0.120. The first-order chi connectivity index (χ1) is 21.9. The Morgan fingerprint density at radius 1 is 1.00 bits per heavy atom. The molecule has 1 amide bonds. The number of hydrogen-bond acceptors (Lipinski definition) is 5. The first-order valence-corrected chi connectivity index (χ1v) is 17.1. The molecule has 3 aromatic carbocycles. The molecule has 0 radical (unpaired) electrons. The third-order valence-corrected chi connectivity index (χ3v) is 9.86. The standard InChI is InChI=1S/C35H38ClFN4O4S/c1-22-18-29(19-23(2)33(22)36)45-16-7-9-31-30-8-5-6-10-32(30)39-34(31)35(42)40-46(43,44)17-15-38-21-26-20-24(3)41(25(26)4)28-13-11-27(37)12-14-28/h5-6,8,10-14,18-20,38-39H,7,9,15-17,21H2,1-4H3,(H,40,42). The number of para-hydroxylation sites is 1. The van der Waals surface area contributed by atoms with Gasteiger partial charge in [-0.25, -0.2) is 17.5 Å². The van der Waals surface area contributed by atoms with Crippen molar-refractivity contribution in [1.82, 2.24) is 19.6 Å². The second kappa shape index (κ2) is 14.1. The minimum Gasteiger partial charge on any atom is -0.494 e. The van der Waals surface area contributed by atoms with E-state index in [1.165, 1.54) is 12.1 Å². The van der Waals surface area contributed by atoms with E-state index in [1.807, 2.05) is 74.7 Å². The van der Waals surface area contributed by atoms with Crippen molar-refractivity contribution in [2.24, 2.45) is 0 Å². The topological polar surface area (TPSA) is 105 Å². The van der Waals surface area contributed by atoms with Gasteiger partial charge in [0.25, 0.3) is 5.91 Å². The summed E-state index contributed by atoms with van der Waals surface area (Å²) in [6, 6.07) is 19.6. The number of fused-ring (bicyclic) bond motifs is 1. The molecular weight excluding hydrogens is 627 g/mol. The molecule has 0 aliphatic rings. The molecule has 0 aliphatic heterocycles. The predicted molar refractivity (Wildman–Crippen MR) is 181 cm³/mol. The molecule has 242 valence electrons. The van der Waals surface area contributed by atoms with Gasteiger partial charge >= 0.3 is 0 Å². The molecule has 5 rings (SSSR count). The number of sulfonamides is 1. The summed E-state index contributed by atoms with van der Waals surface area (Å²) in [5.41, 5.74) is 7.41. The number of carbonyl (C=O) groups is 1. The number of aromatic nitrogens is 2. The van der Waals surface area contributed by atoms with Crippen molar-refractivity contribution >= 4 is 38.4 Å². The lowest BCUT2D eigenvalue weighted by Gasteiger charge is -2.11. The summed E-state index contributed by atoms with van der Waals surface area (Å²) in [6.45, 7) is 8.79. The molecule has 0 saturated carbocycles. The van der Waals surface area contributed by atoms with Crippen molar-refractivity contribution in [3.63, 3.8) is 0 Å². The van der Waals surface area contributed by atoms with Gasteiger partial charge in [-0.05, 0) is 111 Å². The third kappa shape index (κ3) is 7.63. The summed E-state index contributed by atoms with van der Waals surface area (Å²) in [5.74, 6) is -0.545. The van der Waals surface area contributed by atoms with Crippen molar-refractivity contribution in [3.8, 4) is 11.4 Å². The van der Waals surface area contributed by atoms with Crippen LogP contribution < -0.4 is 14.8 Å². The minimum atomic E-state index is -3.93. The zero-order valence-corrected chi connectivity index (χ0v) is 27.9. The number of nitrogens with zero attached hydrogens (tertiary/aromatic N) is 1. The summed E-state index contributed by atoms with van der Waals surface area (Å²) in [7, 11) is -3.93. The van der Waals surface area contributed by atoms with Gasteiger partial charge in [-0.1, -0.05) is 29.8 Å². The monoisotopic (exact) mass is 664 g/mol. The van der Waals surface area contributed by atoms with Crippen LogP contribution in [-0.4, -0.2) is 42.8 Å². The van der Waals surface area contributed by atoms with Gasteiger partial charge in [0, 0.05) is 46.1 Å². The van der Waals surface area contributed by atoms with Gasteiger partial charge in [0.05, 0.1) is 12.4 Å². The molecule has 3 N–H and O–H groups in total. The molecule has 0 bridgehead atoms. The average molecular weight is 665 g/mol. The molecule has 0 saturated heterocycles. The van der Waals surface area contributed by atoms with Crippen LogP contribution in [0.3, 0.4) is 0 Å². The van der Waals surface area contributed by atoms with E-state index < -0.39 is 15.9 Å². The van der Waals surface area contributed by atoms with Crippen LogP contribution in [0.25, 0.3) is 16.6 Å². The Labute approximate surface area is 274 Å². The Balaban J connectivity index is 1.18. The molecule has 5 aromatic rings. The van der Waals surface area contributed by atoms with E-state index in [0.29, 0.717) is 26.0 Å². The van der Waals surface area contributed by atoms with E-state index in [4.69, 9.17) is 16.3 Å². The fourth-order valence-corrected chi connectivity index (χ4v) is 6.76. The van der Waals surface area contributed by atoms with E-state index in [1.54, 1.807) is 12.1 Å². The van der Waals surface area contributed by atoms with Gasteiger partial charge < -0.3 is 19.6 Å². The maximum absolute atomic E-state index is 13.4. The van der Waals surface area contributed by atoms with Crippen molar-refractivity contribution in [1.29, 1.82) is 0 Å². The third-order valence-electron chi connectivity index (χ3n) is 8.02. The number of nitrogens with one attached hydrogen (secondary N) is 3. The van der Waals surface area contributed by atoms with Crippen molar-refractivity contribution < 1.29 is 22.3 Å². The van der Waals surface area contributed by atoms with Crippen LogP contribution in [0.4, 0.5) is 4.39 Å². The lowest BCUT2D eigenvalue weighted by atomic mass is 10.1. The highest BCUT2D eigenvalue weighted by atomic mass is 35.5. The molecule has 46 heavy (non-hydrogen) atoms. The SMILES string of the molecule is Cc1cc(OCCCc2c(C(=O)NS(=O)(=O)CCNCc3cc(C)n(-c4ccc(F)cc4)c3C)[nH]c3ccccc23)cc(C)c1Cl. The second-order valence-electron chi connectivity index (χ2n) is 11.5. The Kier molecular flexibility index (Phi) is 10.2. The van der Waals surface area contributed by atoms with E-state index >= 15 is 0 Å². The number of aryl methyl sites for hydroxylation is 4. The van der Waals surface area contributed by atoms with Crippen LogP contribution in [0.1, 0.15) is 50.6 Å². The normalized spacial score (nSPS) is 11.7. The van der Waals surface area contributed by atoms with E-state index in [9.17, 15) is 17.6 Å². The number of rotatable bonds is 13. The number of benzene rings is 3. The van der Waals surface area contributed by atoms with Crippen LogP contribution in [-0.2, 0) is 23.0 Å². The van der Waals surface area contributed by atoms with Gasteiger partial charge in [0.1, 0.15) is 17.3 Å². The number of halogens is 2. The second-order valence-corrected chi connectivity index (χ2v) is 13.7. The minimum absolute atomic E-state index is 0.142. The highest BCUT2D eigenvalue weighted by Gasteiger charge is 2.22. The van der Waals surface area contributed by atoms with Gasteiger partial charge in [0.2, 0.25) is 10.0 Å². The summed E-state index contributed by atoms with van der Waals surface area (Å²) >= 11 is 6.27. The molecule has 2 heterocycles. The van der Waals surface area contributed by atoms with E-state index in [0.717, 1.165) is 61.0 Å². The highest BCUT2D eigenvalue weighted by molar-refractivity contribution is 7.90. The van der Waals surface area contributed by atoms with E-state index in [2.05, 4.69) is 15.0 Å². The van der Waals surface area contributed by atoms with Crippen LogP contribution in [0.2, 0.25) is 5.02 Å². The predicted octanol–water partition coefficient (Wildman–Crippen LogP) is 6.85.